The first-order valence-corrected chi connectivity index (χ1v) is 5.16. The van der Waals surface area contributed by atoms with Crippen LogP contribution in [0.2, 0.25) is 0 Å². The molecule has 0 aromatic carbocycles. The smallest absolute Gasteiger partial charge is 0.0101 e. The van der Waals surface area contributed by atoms with Crippen LogP contribution in [0.3, 0.4) is 0 Å². The van der Waals surface area contributed by atoms with Gasteiger partial charge in [-0.25, -0.2) is 0 Å². The first kappa shape index (κ1) is 7.14. The Labute approximate surface area is 74.4 Å². The van der Waals surface area contributed by atoms with Crippen LogP contribution >= 0.6 is 0 Å². The monoisotopic (exact) mass is 163 g/mol. The van der Waals surface area contributed by atoms with Crippen molar-refractivity contribution in [2.45, 2.75) is 19.4 Å². The molecule has 1 heteroatoms. The maximum absolute atomic E-state index is 2.54. The first-order valence-electron chi connectivity index (χ1n) is 5.16. The van der Waals surface area contributed by atoms with E-state index in [0.717, 1.165) is 29.7 Å². The average Bonchev–Trinajstić information content (AvgIpc) is 2.66. The second-order valence-corrected chi connectivity index (χ2v) is 4.87. The molecule has 3 rings (SSSR count). The highest BCUT2D eigenvalue weighted by atomic mass is 15.2. The Hall–Kier alpha value is -0.300. The molecule has 3 aliphatic rings. The zero-order valence-electron chi connectivity index (χ0n) is 7.90. The van der Waals surface area contributed by atoms with Crippen molar-refractivity contribution in [3.8, 4) is 0 Å². The van der Waals surface area contributed by atoms with E-state index in [1.807, 2.05) is 0 Å². The molecule has 2 bridgehead atoms. The van der Waals surface area contributed by atoms with E-state index in [2.05, 4.69) is 31.0 Å². The number of fused-ring (bicyclic) bond motifs is 5. The van der Waals surface area contributed by atoms with Gasteiger partial charge in [-0.15, -0.1) is 0 Å². The van der Waals surface area contributed by atoms with Crippen LogP contribution in [0.25, 0.3) is 0 Å². The summed E-state index contributed by atoms with van der Waals surface area (Å²) in [6, 6.07) is 0.829. The Bertz CT molecular complexity index is 233. The van der Waals surface area contributed by atoms with Crippen LogP contribution in [-0.2, 0) is 0 Å². The first-order chi connectivity index (χ1) is 5.77. The molecule has 2 unspecified atom stereocenters. The van der Waals surface area contributed by atoms with Crippen molar-refractivity contribution in [1.82, 2.24) is 4.90 Å². The third-order valence-corrected chi connectivity index (χ3v) is 4.44. The van der Waals surface area contributed by atoms with Crippen molar-refractivity contribution in [2.24, 2.45) is 23.7 Å². The summed E-state index contributed by atoms with van der Waals surface area (Å²) >= 11 is 0. The third kappa shape index (κ3) is 0.687. The lowest BCUT2D eigenvalue weighted by molar-refractivity contribution is 0.266. The van der Waals surface area contributed by atoms with Crippen molar-refractivity contribution in [2.75, 3.05) is 13.6 Å². The Morgan fingerprint density at radius 2 is 2.00 bits per heavy atom. The molecule has 0 aromatic rings. The van der Waals surface area contributed by atoms with Gasteiger partial charge < -0.3 is 4.90 Å². The summed E-state index contributed by atoms with van der Waals surface area (Å²) in [6.07, 6.45) is 6.41. The molecule has 1 nitrogen and oxygen atoms in total. The number of likely N-dealkylation sites (tertiary alicyclic amines) is 1. The highest BCUT2D eigenvalue weighted by Gasteiger charge is 2.51. The minimum Gasteiger partial charge on any atom is -0.303 e. The van der Waals surface area contributed by atoms with Crippen LogP contribution in [0.1, 0.15) is 13.3 Å². The Morgan fingerprint density at radius 3 is 2.75 bits per heavy atom. The van der Waals surface area contributed by atoms with Crippen LogP contribution in [0, 0.1) is 23.7 Å². The van der Waals surface area contributed by atoms with E-state index in [1.54, 1.807) is 0 Å². The van der Waals surface area contributed by atoms with E-state index in [1.165, 1.54) is 13.0 Å². The van der Waals surface area contributed by atoms with Gasteiger partial charge in [-0.1, -0.05) is 12.2 Å². The molecule has 1 saturated carbocycles. The molecule has 5 atom stereocenters. The van der Waals surface area contributed by atoms with E-state index >= 15 is 0 Å². The predicted molar refractivity (Wildman–Crippen MR) is 49.8 cm³/mol. The standard InChI is InChI=1S/C11H17N/c1-7-11-9-4-3-8(5-9)10(11)6-12(7)2/h3-4,7-11H,5-6H2,1-2H3/t7-,8?,9?,10-,11+/m1/s1. The van der Waals surface area contributed by atoms with Crippen LogP contribution in [-0.4, -0.2) is 24.5 Å². The topological polar surface area (TPSA) is 3.24 Å². The van der Waals surface area contributed by atoms with Gasteiger partial charge >= 0.3 is 0 Å². The van der Waals surface area contributed by atoms with E-state index in [9.17, 15) is 0 Å². The van der Waals surface area contributed by atoms with Gasteiger partial charge in [0.25, 0.3) is 0 Å². The van der Waals surface area contributed by atoms with E-state index in [4.69, 9.17) is 0 Å². The van der Waals surface area contributed by atoms with E-state index in [0.29, 0.717) is 0 Å². The zero-order valence-corrected chi connectivity index (χ0v) is 7.90. The summed E-state index contributed by atoms with van der Waals surface area (Å²) in [4.78, 5) is 2.54. The number of hydrogen-bond acceptors (Lipinski definition) is 1. The summed E-state index contributed by atoms with van der Waals surface area (Å²) in [6.45, 7) is 3.75. The summed E-state index contributed by atoms with van der Waals surface area (Å²) in [7, 11) is 2.28. The van der Waals surface area contributed by atoms with Crippen LogP contribution in [0.15, 0.2) is 12.2 Å². The molecule has 0 spiro atoms. The lowest BCUT2D eigenvalue weighted by Gasteiger charge is -2.24. The highest BCUT2D eigenvalue weighted by Crippen LogP contribution is 2.53. The zero-order chi connectivity index (χ0) is 8.29. The lowest BCUT2D eigenvalue weighted by atomic mass is 9.83. The molecule has 2 aliphatic carbocycles. The van der Waals surface area contributed by atoms with Crippen LogP contribution < -0.4 is 0 Å². The van der Waals surface area contributed by atoms with E-state index in [-0.39, 0.29) is 0 Å². The minimum atomic E-state index is 0.829. The van der Waals surface area contributed by atoms with Gasteiger partial charge in [0.1, 0.15) is 0 Å². The van der Waals surface area contributed by atoms with Gasteiger partial charge in [0.2, 0.25) is 0 Å². The number of allylic oxidation sites excluding steroid dienone is 2. The number of hydrogen-bond donors (Lipinski definition) is 0. The van der Waals surface area contributed by atoms with Gasteiger partial charge in [0.15, 0.2) is 0 Å². The fourth-order valence-corrected chi connectivity index (χ4v) is 3.73. The van der Waals surface area contributed by atoms with Gasteiger partial charge in [0.05, 0.1) is 0 Å². The van der Waals surface area contributed by atoms with Crippen LogP contribution in [0.5, 0.6) is 0 Å². The van der Waals surface area contributed by atoms with Crippen molar-refractivity contribution in [3.63, 3.8) is 0 Å². The molecule has 1 aliphatic heterocycles. The molecule has 0 N–H and O–H groups in total. The molecule has 0 aromatic heterocycles. The lowest BCUT2D eigenvalue weighted by Crippen LogP contribution is -2.28. The summed E-state index contributed by atoms with van der Waals surface area (Å²) in [5, 5.41) is 0. The molecule has 66 valence electrons. The van der Waals surface area contributed by atoms with Gasteiger partial charge in [0, 0.05) is 12.6 Å². The Morgan fingerprint density at radius 1 is 1.25 bits per heavy atom. The van der Waals surface area contributed by atoms with Gasteiger partial charge in [-0.05, 0) is 44.1 Å². The number of rotatable bonds is 0. The molecule has 1 heterocycles. The average molecular weight is 163 g/mol. The normalized spacial score (nSPS) is 56.7. The third-order valence-electron chi connectivity index (χ3n) is 4.44. The summed E-state index contributed by atoms with van der Waals surface area (Å²) in [5.41, 5.74) is 0. The molecule has 12 heavy (non-hydrogen) atoms. The molecule has 1 saturated heterocycles. The Balaban J connectivity index is 1.94. The molecule has 2 fully saturated rings. The molecule has 0 amide bonds. The molecular weight excluding hydrogens is 146 g/mol. The second-order valence-electron chi connectivity index (χ2n) is 4.87. The predicted octanol–water partition coefficient (Wildman–Crippen LogP) is 1.76. The summed E-state index contributed by atoms with van der Waals surface area (Å²) < 4.78 is 0. The van der Waals surface area contributed by atoms with Crippen molar-refractivity contribution in [3.05, 3.63) is 12.2 Å². The second kappa shape index (κ2) is 2.14. The van der Waals surface area contributed by atoms with E-state index < -0.39 is 0 Å². The number of nitrogens with zero attached hydrogens (tertiary/aromatic N) is 1. The van der Waals surface area contributed by atoms with Crippen molar-refractivity contribution < 1.29 is 0 Å². The highest BCUT2D eigenvalue weighted by molar-refractivity contribution is 5.17. The van der Waals surface area contributed by atoms with Gasteiger partial charge in [-0.3, -0.25) is 0 Å². The fraction of sp³-hybridized carbons (Fsp3) is 0.818. The van der Waals surface area contributed by atoms with Crippen LogP contribution in [0.4, 0.5) is 0 Å². The largest absolute Gasteiger partial charge is 0.303 e. The maximum atomic E-state index is 2.54. The fourth-order valence-electron chi connectivity index (χ4n) is 3.73. The Kier molecular flexibility index (Phi) is 1.27. The molecular formula is C11H17N. The van der Waals surface area contributed by atoms with Gasteiger partial charge in [-0.2, -0.15) is 0 Å². The van der Waals surface area contributed by atoms with Crippen molar-refractivity contribution in [1.29, 1.82) is 0 Å². The maximum Gasteiger partial charge on any atom is 0.0101 e. The summed E-state index contributed by atoms with van der Waals surface area (Å²) in [5.74, 6) is 3.86. The SMILES string of the molecule is C[C@@H]1[C@H]2C3C=CC(C3)[C@H]2CN1C. The molecule has 0 radical (unpaired) electrons. The van der Waals surface area contributed by atoms with Crippen molar-refractivity contribution >= 4 is 0 Å². The quantitative estimate of drug-likeness (QED) is 0.492. The minimum absolute atomic E-state index is 0.829.